The summed E-state index contributed by atoms with van der Waals surface area (Å²) in [6.45, 7) is 4.45. The molecule has 0 amide bonds. The number of hydrogen-bond acceptors (Lipinski definition) is 4. The molecule has 1 saturated heterocycles. The van der Waals surface area contributed by atoms with Crippen LogP contribution in [0.1, 0.15) is 17.2 Å². The average molecular weight is 372 g/mol. The van der Waals surface area contributed by atoms with Crippen LogP contribution in [0.15, 0.2) is 54.6 Å². The van der Waals surface area contributed by atoms with Gasteiger partial charge in [0.25, 0.3) is 0 Å². The van der Waals surface area contributed by atoms with Gasteiger partial charge in [-0.15, -0.1) is 0 Å². The second-order valence-corrected chi connectivity index (χ2v) is 6.69. The minimum Gasteiger partial charge on any atom is -0.480 e. The Kier molecular flexibility index (Phi) is 6.92. The quantitative estimate of drug-likeness (QED) is 0.722. The van der Waals surface area contributed by atoms with E-state index in [0.29, 0.717) is 6.61 Å². The van der Waals surface area contributed by atoms with Crippen LogP contribution >= 0.6 is 0 Å². The maximum Gasteiger partial charge on any atom is 0.329 e. The van der Waals surface area contributed by atoms with Crippen LogP contribution in [0.2, 0.25) is 0 Å². The fraction of sp³-hybridized carbons (Fsp3) is 0.381. The Balaban J connectivity index is 1.63. The smallest absolute Gasteiger partial charge is 0.329 e. The average Bonchev–Trinajstić information content (AvgIpc) is 2.69. The first-order chi connectivity index (χ1) is 13.1. The van der Waals surface area contributed by atoms with E-state index < -0.39 is 5.97 Å². The van der Waals surface area contributed by atoms with Gasteiger partial charge in [0, 0.05) is 32.7 Å². The van der Waals surface area contributed by atoms with Crippen molar-refractivity contribution in [2.75, 3.05) is 45.9 Å². The molecule has 5 nitrogen and oxygen atoms in total. The van der Waals surface area contributed by atoms with Crippen LogP contribution in [-0.2, 0) is 9.53 Å². The van der Waals surface area contributed by atoms with Gasteiger partial charge in [0.15, 0.2) is 0 Å². The van der Waals surface area contributed by atoms with Crippen molar-refractivity contribution in [3.8, 4) is 0 Å². The molecule has 0 aliphatic carbocycles. The minimum atomic E-state index is -0.940. The van der Waals surface area contributed by atoms with Gasteiger partial charge in [0.2, 0.25) is 0 Å². The summed E-state index contributed by atoms with van der Waals surface area (Å²) in [4.78, 5) is 15.2. The number of hydrogen-bond donors (Lipinski definition) is 1. The lowest BCUT2D eigenvalue weighted by atomic mass is 9.96. The zero-order valence-electron chi connectivity index (χ0n) is 15.3. The molecular weight excluding hydrogens is 347 g/mol. The molecule has 1 N–H and O–H groups in total. The highest BCUT2D eigenvalue weighted by Gasteiger charge is 2.26. The second-order valence-electron chi connectivity index (χ2n) is 6.69. The predicted octanol–water partition coefficient (Wildman–Crippen LogP) is 2.63. The fourth-order valence-corrected chi connectivity index (χ4v) is 3.49. The van der Waals surface area contributed by atoms with E-state index in [2.05, 4.69) is 21.9 Å². The van der Waals surface area contributed by atoms with Gasteiger partial charge < -0.3 is 9.84 Å². The summed E-state index contributed by atoms with van der Waals surface area (Å²) in [6.07, 6.45) is 0. The number of halogens is 1. The number of rotatable bonds is 8. The summed E-state index contributed by atoms with van der Waals surface area (Å²) in [5.41, 5.74) is 2.28. The molecule has 1 aliphatic rings. The molecule has 144 valence electrons. The van der Waals surface area contributed by atoms with Crippen molar-refractivity contribution < 1.29 is 19.0 Å². The zero-order valence-corrected chi connectivity index (χ0v) is 15.3. The third-order valence-corrected chi connectivity index (χ3v) is 4.85. The monoisotopic (exact) mass is 372 g/mol. The van der Waals surface area contributed by atoms with E-state index in [-0.39, 0.29) is 18.5 Å². The van der Waals surface area contributed by atoms with Gasteiger partial charge in [0.05, 0.1) is 12.6 Å². The van der Waals surface area contributed by atoms with Crippen molar-refractivity contribution in [3.63, 3.8) is 0 Å². The first-order valence-electron chi connectivity index (χ1n) is 9.20. The van der Waals surface area contributed by atoms with Gasteiger partial charge in [-0.1, -0.05) is 42.5 Å². The number of carbonyl (C=O) groups is 1. The normalized spacial score (nSPS) is 16.9. The maximum atomic E-state index is 13.4. The SMILES string of the molecule is O=C(O)COCCN1CCN([C@@H](c2ccccc2)c2ccc(F)cc2)CC1. The number of carboxylic acids is 1. The number of nitrogens with zero attached hydrogens (tertiary/aromatic N) is 2. The second kappa shape index (κ2) is 9.60. The molecule has 1 heterocycles. The standard InChI is InChI=1S/C21H25FN2O3/c22-19-8-6-18(7-9-19)21(17-4-2-1-3-5-17)24-12-10-23(11-13-24)14-15-27-16-20(25)26/h1-9,21H,10-16H2,(H,25,26)/t21-/m0/s1. The van der Waals surface area contributed by atoms with Gasteiger partial charge in [-0.2, -0.15) is 0 Å². The van der Waals surface area contributed by atoms with Crippen LogP contribution < -0.4 is 0 Å². The molecule has 1 aliphatic heterocycles. The number of piperazine rings is 1. The highest BCUT2D eigenvalue weighted by Crippen LogP contribution is 2.29. The first-order valence-corrected chi connectivity index (χ1v) is 9.20. The molecule has 6 heteroatoms. The van der Waals surface area contributed by atoms with Crippen LogP contribution in [0.3, 0.4) is 0 Å². The van der Waals surface area contributed by atoms with E-state index >= 15 is 0 Å². The van der Waals surface area contributed by atoms with Crippen LogP contribution in [-0.4, -0.2) is 66.8 Å². The third-order valence-electron chi connectivity index (χ3n) is 4.85. The number of ether oxygens (including phenoxy) is 1. The lowest BCUT2D eigenvalue weighted by molar-refractivity contribution is -0.142. The van der Waals surface area contributed by atoms with Crippen molar-refractivity contribution in [2.45, 2.75) is 6.04 Å². The Bertz CT molecular complexity index is 716. The molecule has 0 spiro atoms. The number of carboxylic acid groups (broad SMARTS) is 1. The zero-order chi connectivity index (χ0) is 19.1. The summed E-state index contributed by atoms with van der Waals surface area (Å²) in [6, 6.07) is 17.1. The van der Waals surface area contributed by atoms with E-state index in [0.717, 1.165) is 38.3 Å². The van der Waals surface area contributed by atoms with Crippen molar-refractivity contribution in [3.05, 3.63) is 71.5 Å². The number of benzene rings is 2. The molecule has 27 heavy (non-hydrogen) atoms. The molecule has 1 atom stereocenters. The minimum absolute atomic E-state index is 0.0946. The van der Waals surface area contributed by atoms with E-state index in [9.17, 15) is 9.18 Å². The lowest BCUT2D eigenvalue weighted by Crippen LogP contribution is -2.48. The Morgan fingerprint density at radius 1 is 1.00 bits per heavy atom. The van der Waals surface area contributed by atoms with Gasteiger partial charge in [0.1, 0.15) is 12.4 Å². The highest BCUT2D eigenvalue weighted by atomic mass is 19.1. The topological polar surface area (TPSA) is 53.0 Å². The van der Waals surface area contributed by atoms with Gasteiger partial charge in [-0.3, -0.25) is 9.80 Å². The van der Waals surface area contributed by atoms with Crippen molar-refractivity contribution in [1.82, 2.24) is 9.80 Å². The Morgan fingerprint density at radius 3 is 2.26 bits per heavy atom. The van der Waals surface area contributed by atoms with Gasteiger partial charge >= 0.3 is 5.97 Å². The molecule has 0 radical (unpaired) electrons. The van der Waals surface area contributed by atoms with Gasteiger partial charge in [-0.25, -0.2) is 9.18 Å². The number of aliphatic carboxylic acids is 1. The van der Waals surface area contributed by atoms with Crippen LogP contribution in [0, 0.1) is 5.82 Å². The largest absolute Gasteiger partial charge is 0.480 e. The maximum absolute atomic E-state index is 13.4. The fourth-order valence-electron chi connectivity index (χ4n) is 3.49. The first kappa shape index (κ1) is 19.5. The van der Waals surface area contributed by atoms with E-state index in [1.165, 1.54) is 17.7 Å². The molecule has 3 rings (SSSR count). The molecule has 2 aromatic carbocycles. The molecule has 1 fully saturated rings. The summed E-state index contributed by atoms with van der Waals surface area (Å²) >= 11 is 0. The van der Waals surface area contributed by atoms with Crippen LogP contribution in [0.25, 0.3) is 0 Å². The van der Waals surface area contributed by atoms with E-state index in [1.54, 1.807) is 0 Å². The molecular formula is C21H25FN2O3. The van der Waals surface area contributed by atoms with E-state index in [4.69, 9.17) is 9.84 Å². The molecule has 2 aromatic rings. The molecule has 0 aromatic heterocycles. The van der Waals surface area contributed by atoms with Crippen LogP contribution in [0.4, 0.5) is 4.39 Å². The Labute approximate surface area is 159 Å². The summed E-state index contributed by atoms with van der Waals surface area (Å²) in [5.74, 6) is -1.17. The van der Waals surface area contributed by atoms with Crippen molar-refractivity contribution in [2.24, 2.45) is 0 Å². The third kappa shape index (κ3) is 5.60. The van der Waals surface area contributed by atoms with E-state index in [1.807, 2.05) is 30.3 Å². The molecule has 0 bridgehead atoms. The Hall–Kier alpha value is -2.28. The molecule has 0 unspecified atom stereocenters. The highest BCUT2D eigenvalue weighted by molar-refractivity contribution is 5.67. The molecule has 0 saturated carbocycles. The summed E-state index contributed by atoms with van der Waals surface area (Å²) in [5, 5.41) is 8.61. The summed E-state index contributed by atoms with van der Waals surface area (Å²) in [7, 11) is 0. The van der Waals surface area contributed by atoms with Crippen molar-refractivity contribution >= 4 is 5.97 Å². The van der Waals surface area contributed by atoms with Gasteiger partial charge in [-0.05, 0) is 23.3 Å². The Morgan fingerprint density at radius 2 is 1.63 bits per heavy atom. The predicted molar refractivity (Wildman–Crippen MR) is 101 cm³/mol. The van der Waals surface area contributed by atoms with Crippen LogP contribution in [0.5, 0.6) is 0 Å². The lowest BCUT2D eigenvalue weighted by Gasteiger charge is -2.39. The van der Waals surface area contributed by atoms with Crippen molar-refractivity contribution in [1.29, 1.82) is 0 Å². The summed E-state index contributed by atoms with van der Waals surface area (Å²) < 4.78 is 18.5.